The number of rotatable bonds is 6. The molecule has 2 aliphatic heterocycles. The van der Waals surface area contributed by atoms with Gasteiger partial charge in [-0.05, 0) is 42.3 Å². The predicted octanol–water partition coefficient (Wildman–Crippen LogP) is 3.67. The van der Waals surface area contributed by atoms with E-state index in [1.54, 1.807) is 6.33 Å². The molecular weight excluding hydrogens is 438 g/mol. The third-order valence-electron chi connectivity index (χ3n) is 6.36. The largest absolute Gasteiger partial charge is 0.493 e. The van der Waals surface area contributed by atoms with Crippen LogP contribution in [0.25, 0.3) is 0 Å². The fourth-order valence-electron chi connectivity index (χ4n) is 4.62. The zero-order chi connectivity index (χ0) is 22.8. The van der Waals surface area contributed by atoms with E-state index < -0.39 is 0 Å². The highest BCUT2D eigenvalue weighted by Gasteiger charge is 2.38. The molecule has 7 nitrogen and oxygen atoms in total. The number of halogens is 1. The molecule has 2 aromatic carbocycles. The molecule has 3 heterocycles. The van der Waals surface area contributed by atoms with Crippen molar-refractivity contribution in [1.29, 1.82) is 5.26 Å². The van der Waals surface area contributed by atoms with Crippen LogP contribution >= 0.6 is 11.6 Å². The van der Waals surface area contributed by atoms with Gasteiger partial charge in [-0.25, -0.2) is 4.98 Å². The Hall–Kier alpha value is -3.34. The zero-order valence-corrected chi connectivity index (χ0v) is 18.8. The summed E-state index contributed by atoms with van der Waals surface area (Å²) in [6.07, 6.45) is 5.14. The average molecular weight is 462 g/mol. The minimum atomic E-state index is -0.228. The summed E-state index contributed by atoms with van der Waals surface area (Å²) in [5.74, 6) is 0.928. The van der Waals surface area contributed by atoms with Gasteiger partial charge in [0.15, 0.2) is 0 Å². The standard InChI is InChI=1S/C25H24ClN5O2/c26-19-5-6-24-21(11-19)23(8-10-33-24)31-9-7-22(25(31)32)29-14-20-13-28-16-30(20)15-18-3-1-17(12-27)2-4-18/h1-6,11,13,16,22-23,29H,7-10,14-15H2/t22-,23-/m0/s1. The second-order valence-electron chi connectivity index (χ2n) is 8.41. The first kappa shape index (κ1) is 21.5. The number of amides is 1. The number of likely N-dealkylation sites (tertiary alicyclic amines) is 1. The van der Waals surface area contributed by atoms with E-state index in [0.717, 1.165) is 35.4 Å². The van der Waals surface area contributed by atoms with Gasteiger partial charge in [-0.3, -0.25) is 4.79 Å². The van der Waals surface area contributed by atoms with Gasteiger partial charge in [0, 0.05) is 42.8 Å². The number of imidazole rings is 1. The van der Waals surface area contributed by atoms with Crippen molar-refractivity contribution >= 4 is 17.5 Å². The number of nitriles is 1. The molecule has 1 N–H and O–H groups in total. The lowest BCUT2D eigenvalue weighted by molar-refractivity contribution is -0.132. The third-order valence-corrected chi connectivity index (χ3v) is 6.59. The van der Waals surface area contributed by atoms with Gasteiger partial charge in [-0.15, -0.1) is 0 Å². The van der Waals surface area contributed by atoms with Crippen LogP contribution in [0.1, 0.15) is 41.3 Å². The van der Waals surface area contributed by atoms with Gasteiger partial charge >= 0.3 is 0 Å². The van der Waals surface area contributed by atoms with Gasteiger partial charge in [0.05, 0.1) is 42.3 Å². The van der Waals surface area contributed by atoms with E-state index in [9.17, 15) is 4.79 Å². The maximum Gasteiger partial charge on any atom is 0.240 e. The first-order valence-corrected chi connectivity index (χ1v) is 11.4. The van der Waals surface area contributed by atoms with Crippen LogP contribution in [0.5, 0.6) is 5.75 Å². The Morgan fingerprint density at radius 3 is 2.88 bits per heavy atom. The number of nitrogens with one attached hydrogen (secondary N) is 1. The summed E-state index contributed by atoms with van der Waals surface area (Å²) in [4.78, 5) is 19.5. The van der Waals surface area contributed by atoms with Crippen molar-refractivity contribution in [3.63, 3.8) is 0 Å². The molecule has 1 fully saturated rings. The second kappa shape index (κ2) is 9.26. The summed E-state index contributed by atoms with van der Waals surface area (Å²) >= 11 is 6.21. The quantitative estimate of drug-likeness (QED) is 0.605. The lowest BCUT2D eigenvalue weighted by atomic mass is 9.99. The lowest BCUT2D eigenvalue weighted by Crippen LogP contribution is -2.40. The average Bonchev–Trinajstić information content (AvgIpc) is 3.43. The summed E-state index contributed by atoms with van der Waals surface area (Å²) in [5, 5.41) is 13.1. The van der Waals surface area contributed by atoms with Crippen molar-refractivity contribution in [3.05, 3.63) is 82.4 Å². The highest BCUT2D eigenvalue weighted by molar-refractivity contribution is 6.30. The minimum Gasteiger partial charge on any atom is -0.493 e. The number of aromatic nitrogens is 2. The van der Waals surface area contributed by atoms with E-state index in [1.165, 1.54) is 0 Å². The first-order chi connectivity index (χ1) is 16.1. The van der Waals surface area contributed by atoms with Gasteiger partial charge in [0.2, 0.25) is 5.91 Å². The molecule has 1 saturated heterocycles. The van der Waals surface area contributed by atoms with Gasteiger partial charge in [-0.2, -0.15) is 5.26 Å². The van der Waals surface area contributed by atoms with E-state index in [2.05, 4.69) is 20.9 Å². The predicted molar refractivity (Wildman–Crippen MR) is 124 cm³/mol. The van der Waals surface area contributed by atoms with Crippen molar-refractivity contribution < 1.29 is 9.53 Å². The molecule has 0 aliphatic carbocycles. The third kappa shape index (κ3) is 4.45. The highest BCUT2D eigenvalue weighted by atomic mass is 35.5. The van der Waals surface area contributed by atoms with Crippen LogP contribution in [-0.2, 0) is 17.9 Å². The number of hydrogen-bond donors (Lipinski definition) is 1. The molecule has 0 saturated carbocycles. The summed E-state index contributed by atoms with van der Waals surface area (Å²) in [6.45, 7) is 2.51. The molecule has 1 amide bonds. The van der Waals surface area contributed by atoms with E-state index in [-0.39, 0.29) is 18.0 Å². The number of carbonyl (C=O) groups excluding carboxylic acids is 1. The van der Waals surface area contributed by atoms with E-state index in [0.29, 0.717) is 36.8 Å². The molecule has 8 heteroatoms. The molecule has 168 valence electrons. The number of carbonyl (C=O) groups is 1. The summed E-state index contributed by atoms with van der Waals surface area (Å²) < 4.78 is 7.82. The molecule has 2 atom stereocenters. The smallest absolute Gasteiger partial charge is 0.240 e. The fourth-order valence-corrected chi connectivity index (χ4v) is 4.80. The fraction of sp³-hybridized carbons (Fsp3) is 0.320. The first-order valence-electron chi connectivity index (χ1n) is 11.1. The molecule has 1 aromatic heterocycles. The molecule has 0 bridgehead atoms. The number of fused-ring (bicyclic) bond motifs is 1. The molecule has 33 heavy (non-hydrogen) atoms. The second-order valence-corrected chi connectivity index (χ2v) is 8.85. The Labute approximate surface area is 197 Å². The highest BCUT2D eigenvalue weighted by Crippen LogP contribution is 2.39. The Balaban J connectivity index is 1.23. The van der Waals surface area contributed by atoms with Gasteiger partial charge in [0.1, 0.15) is 5.75 Å². The van der Waals surface area contributed by atoms with Crippen molar-refractivity contribution in [2.45, 2.75) is 38.0 Å². The van der Waals surface area contributed by atoms with Crippen molar-refractivity contribution in [2.24, 2.45) is 0 Å². The number of benzene rings is 2. The van der Waals surface area contributed by atoms with E-state index in [4.69, 9.17) is 21.6 Å². The normalized spacial score (nSPS) is 19.8. The maximum atomic E-state index is 13.2. The summed E-state index contributed by atoms with van der Waals surface area (Å²) in [7, 11) is 0. The zero-order valence-electron chi connectivity index (χ0n) is 18.1. The summed E-state index contributed by atoms with van der Waals surface area (Å²) in [6, 6.07) is 15.1. The molecular formula is C25H24ClN5O2. The van der Waals surface area contributed by atoms with E-state index >= 15 is 0 Å². The summed E-state index contributed by atoms with van der Waals surface area (Å²) in [5.41, 5.74) is 3.73. The van der Waals surface area contributed by atoms with Crippen molar-refractivity contribution in [2.75, 3.05) is 13.2 Å². The minimum absolute atomic E-state index is 0.00587. The van der Waals surface area contributed by atoms with Crippen LogP contribution in [0.15, 0.2) is 55.0 Å². The molecule has 3 aromatic rings. The topological polar surface area (TPSA) is 83.2 Å². The van der Waals surface area contributed by atoms with Gasteiger partial charge < -0.3 is 19.5 Å². The van der Waals surface area contributed by atoms with Gasteiger partial charge in [-0.1, -0.05) is 23.7 Å². The van der Waals surface area contributed by atoms with Gasteiger partial charge in [0.25, 0.3) is 0 Å². The molecule has 0 spiro atoms. The Morgan fingerprint density at radius 2 is 2.06 bits per heavy atom. The number of hydrogen-bond acceptors (Lipinski definition) is 5. The molecule has 2 aliphatic rings. The monoisotopic (exact) mass is 461 g/mol. The lowest BCUT2D eigenvalue weighted by Gasteiger charge is -2.33. The van der Waals surface area contributed by atoms with Crippen LogP contribution in [0.2, 0.25) is 5.02 Å². The Bertz CT molecular complexity index is 1200. The van der Waals surface area contributed by atoms with Crippen LogP contribution in [0.3, 0.4) is 0 Å². The number of ether oxygens (including phenoxy) is 1. The SMILES string of the molecule is N#Cc1ccc(Cn2cncc2CN[C@H]2CCN([C@H]3CCOc4ccc(Cl)cc43)C2=O)cc1. The van der Waals surface area contributed by atoms with Crippen molar-refractivity contribution in [3.8, 4) is 11.8 Å². The van der Waals surface area contributed by atoms with Crippen LogP contribution in [0, 0.1) is 11.3 Å². The van der Waals surface area contributed by atoms with Crippen LogP contribution < -0.4 is 10.1 Å². The van der Waals surface area contributed by atoms with Crippen LogP contribution in [0.4, 0.5) is 0 Å². The molecule has 0 unspecified atom stereocenters. The van der Waals surface area contributed by atoms with Crippen LogP contribution in [-0.4, -0.2) is 39.6 Å². The Kier molecular flexibility index (Phi) is 6.03. The molecule has 0 radical (unpaired) electrons. The van der Waals surface area contributed by atoms with E-state index in [1.807, 2.05) is 53.6 Å². The Morgan fingerprint density at radius 1 is 1.21 bits per heavy atom. The molecule has 5 rings (SSSR count). The number of nitrogens with zero attached hydrogens (tertiary/aromatic N) is 4. The maximum absolute atomic E-state index is 13.2. The van der Waals surface area contributed by atoms with Crippen molar-refractivity contribution in [1.82, 2.24) is 19.8 Å².